The van der Waals surface area contributed by atoms with E-state index in [1.807, 2.05) is 6.92 Å². The van der Waals surface area contributed by atoms with E-state index >= 15 is 0 Å². The lowest BCUT2D eigenvalue weighted by Crippen LogP contribution is -2.17. The molecule has 0 N–H and O–H groups in total. The fourth-order valence-corrected chi connectivity index (χ4v) is 2.72. The van der Waals surface area contributed by atoms with Gasteiger partial charge in [-0.15, -0.1) is 11.6 Å². The molecule has 0 bridgehead atoms. The van der Waals surface area contributed by atoms with Gasteiger partial charge in [0.25, 0.3) is 0 Å². The van der Waals surface area contributed by atoms with Crippen LogP contribution in [0.3, 0.4) is 0 Å². The number of methoxy groups -OCH3 is 1. The van der Waals surface area contributed by atoms with Crippen LogP contribution in [0, 0.1) is 5.82 Å². The highest BCUT2D eigenvalue weighted by Gasteiger charge is 2.21. The fraction of sp³-hybridized carbons (Fsp3) is 0.533. The van der Waals surface area contributed by atoms with Crippen LogP contribution in [-0.2, 0) is 4.74 Å². The summed E-state index contributed by atoms with van der Waals surface area (Å²) in [7, 11) is 1.69. The van der Waals surface area contributed by atoms with Gasteiger partial charge in [0, 0.05) is 13.2 Å². The van der Waals surface area contributed by atoms with Crippen LogP contribution in [0.25, 0.3) is 11.0 Å². The molecule has 0 saturated carbocycles. The third-order valence-corrected chi connectivity index (χ3v) is 3.58. The smallest absolute Gasteiger partial charge is 0.128 e. The number of halogens is 2. The number of imidazole rings is 1. The number of nitrogens with zero attached hydrogens (tertiary/aromatic N) is 2. The Bertz CT molecular complexity index is 577. The molecular formula is C15H20ClFN2O. The second-order valence-corrected chi connectivity index (χ2v) is 5.64. The minimum Gasteiger partial charge on any atom is -0.383 e. The molecule has 0 saturated heterocycles. The number of hydrogen-bond acceptors (Lipinski definition) is 2. The molecule has 2 aromatic rings. The summed E-state index contributed by atoms with van der Waals surface area (Å²) in [6, 6.07) is 4.83. The first-order valence-electron chi connectivity index (χ1n) is 6.88. The Morgan fingerprint density at radius 3 is 2.80 bits per heavy atom. The molecule has 20 heavy (non-hydrogen) atoms. The molecule has 2 atom stereocenters. The van der Waals surface area contributed by atoms with Gasteiger partial charge in [0.05, 0.1) is 29.1 Å². The number of ether oxygens (including phenoxy) is 1. The van der Waals surface area contributed by atoms with Gasteiger partial charge in [-0.25, -0.2) is 9.37 Å². The minimum absolute atomic E-state index is 0.164. The maximum atomic E-state index is 13.4. The van der Waals surface area contributed by atoms with Gasteiger partial charge in [0.15, 0.2) is 0 Å². The molecule has 1 heterocycles. The van der Waals surface area contributed by atoms with E-state index in [1.165, 1.54) is 12.1 Å². The van der Waals surface area contributed by atoms with E-state index in [-0.39, 0.29) is 17.2 Å². The van der Waals surface area contributed by atoms with Crippen molar-refractivity contribution < 1.29 is 9.13 Å². The number of rotatable bonds is 6. The first-order chi connectivity index (χ1) is 9.58. The van der Waals surface area contributed by atoms with Crippen LogP contribution in [0.2, 0.25) is 0 Å². The van der Waals surface area contributed by atoms with Crippen LogP contribution in [0.4, 0.5) is 4.39 Å². The van der Waals surface area contributed by atoms with Crippen molar-refractivity contribution in [1.29, 1.82) is 0 Å². The summed E-state index contributed by atoms with van der Waals surface area (Å²) < 4.78 is 20.8. The number of hydrogen-bond donors (Lipinski definition) is 0. The van der Waals surface area contributed by atoms with Gasteiger partial charge >= 0.3 is 0 Å². The highest BCUT2D eigenvalue weighted by Crippen LogP contribution is 2.30. The standard InChI is InChI=1S/C15H20ClFN2O/c1-4-5-12(9-20-3)19-14-7-6-11(17)8-13(14)18-15(19)10(2)16/h6-8,10,12H,4-5,9H2,1-3H3. The van der Waals surface area contributed by atoms with Crippen LogP contribution >= 0.6 is 11.6 Å². The number of benzene rings is 1. The Morgan fingerprint density at radius 2 is 2.20 bits per heavy atom. The highest BCUT2D eigenvalue weighted by molar-refractivity contribution is 6.20. The maximum Gasteiger partial charge on any atom is 0.128 e. The van der Waals surface area contributed by atoms with Crippen LogP contribution in [-0.4, -0.2) is 23.3 Å². The van der Waals surface area contributed by atoms with Gasteiger partial charge in [-0.2, -0.15) is 0 Å². The van der Waals surface area contributed by atoms with E-state index in [9.17, 15) is 4.39 Å². The van der Waals surface area contributed by atoms with Gasteiger partial charge in [0.1, 0.15) is 11.6 Å². The number of alkyl halides is 1. The van der Waals surface area contributed by atoms with Gasteiger partial charge < -0.3 is 9.30 Å². The molecule has 0 aliphatic rings. The molecule has 1 aromatic heterocycles. The zero-order chi connectivity index (χ0) is 14.7. The summed E-state index contributed by atoms with van der Waals surface area (Å²) in [5.74, 6) is 0.484. The Hall–Kier alpha value is -1.13. The molecule has 0 fully saturated rings. The van der Waals surface area contributed by atoms with E-state index in [0.29, 0.717) is 12.1 Å². The Kier molecular flexibility index (Phi) is 5.00. The molecule has 2 unspecified atom stereocenters. The third kappa shape index (κ3) is 2.96. The second kappa shape index (κ2) is 6.55. The summed E-state index contributed by atoms with van der Waals surface area (Å²) in [5, 5.41) is -0.235. The number of aromatic nitrogens is 2. The molecule has 110 valence electrons. The molecule has 2 rings (SSSR count). The van der Waals surface area contributed by atoms with Crippen molar-refractivity contribution >= 4 is 22.6 Å². The summed E-state index contributed by atoms with van der Waals surface area (Å²) in [6.45, 7) is 4.60. The Balaban J connectivity index is 2.60. The molecule has 1 aromatic carbocycles. The van der Waals surface area contributed by atoms with Crippen molar-refractivity contribution in [2.45, 2.75) is 38.1 Å². The molecule has 0 aliphatic heterocycles. The summed E-state index contributed by atoms with van der Waals surface area (Å²) >= 11 is 6.25. The van der Waals surface area contributed by atoms with E-state index in [4.69, 9.17) is 16.3 Å². The lowest BCUT2D eigenvalue weighted by atomic mass is 10.1. The monoisotopic (exact) mass is 298 g/mol. The van der Waals surface area contributed by atoms with Crippen molar-refractivity contribution in [3.63, 3.8) is 0 Å². The van der Waals surface area contributed by atoms with Crippen molar-refractivity contribution in [3.8, 4) is 0 Å². The Morgan fingerprint density at radius 1 is 1.45 bits per heavy atom. The second-order valence-electron chi connectivity index (χ2n) is 4.99. The normalized spacial score (nSPS) is 14.7. The van der Waals surface area contributed by atoms with Crippen molar-refractivity contribution in [1.82, 2.24) is 9.55 Å². The van der Waals surface area contributed by atoms with Gasteiger partial charge in [-0.05, 0) is 25.5 Å². The highest BCUT2D eigenvalue weighted by atomic mass is 35.5. The first kappa shape index (κ1) is 15.3. The molecule has 0 amide bonds. The molecule has 0 spiro atoms. The average molecular weight is 299 g/mol. The van der Waals surface area contributed by atoms with Crippen LogP contribution in [0.5, 0.6) is 0 Å². The molecule has 3 nitrogen and oxygen atoms in total. The van der Waals surface area contributed by atoms with E-state index in [2.05, 4.69) is 16.5 Å². The predicted octanol–water partition coefficient (Wildman–Crippen LogP) is 4.46. The number of fused-ring (bicyclic) bond motifs is 1. The molecule has 5 heteroatoms. The van der Waals surface area contributed by atoms with Crippen molar-refractivity contribution in [2.75, 3.05) is 13.7 Å². The Labute approximate surface area is 123 Å². The summed E-state index contributed by atoms with van der Waals surface area (Å²) in [5.41, 5.74) is 1.55. The fourth-order valence-electron chi connectivity index (χ4n) is 2.57. The van der Waals surface area contributed by atoms with E-state index < -0.39 is 0 Å². The van der Waals surface area contributed by atoms with Crippen molar-refractivity contribution in [3.05, 3.63) is 29.8 Å². The van der Waals surface area contributed by atoms with E-state index in [0.717, 1.165) is 24.2 Å². The third-order valence-electron chi connectivity index (χ3n) is 3.38. The summed E-state index contributed by atoms with van der Waals surface area (Å²) in [4.78, 5) is 4.49. The zero-order valence-electron chi connectivity index (χ0n) is 12.1. The zero-order valence-corrected chi connectivity index (χ0v) is 12.8. The lowest BCUT2D eigenvalue weighted by Gasteiger charge is -2.21. The topological polar surface area (TPSA) is 27.1 Å². The van der Waals surface area contributed by atoms with Gasteiger partial charge in [-0.3, -0.25) is 0 Å². The average Bonchev–Trinajstić information content (AvgIpc) is 2.77. The molecule has 0 radical (unpaired) electrons. The molecule has 0 aliphatic carbocycles. The van der Waals surface area contributed by atoms with Crippen LogP contribution < -0.4 is 0 Å². The maximum absolute atomic E-state index is 13.4. The van der Waals surface area contributed by atoms with Crippen LogP contribution in [0.15, 0.2) is 18.2 Å². The molecular weight excluding hydrogens is 279 g/mol. The summed E-state index contributed by atoms with van der Waals surface area (Å²) in [6.07, 6.45) is 2.00. The van der Waals surface area contributed by atoms with Crippen molar-refractivity contribution in [2.24, 2.45) is 0 Å². The minimum atomic E-state index is -0.283. The largest absolute Gasteiger partial charge is 0.383 e. The predicted molar refractivity (Wildman–Crippen MR) is 79.8 cm³/mol. The van der Waals surface area contributed by atoms with Crippen LogP contribution in [0.1, 0.15) is 43.9 Å². The van der Waals surface area contributed by atoms with E-state index in [1.54, 1.807) is 13.2 Å². The first-order valence-corrected chi connectivity index (χ1v) is 7.32. The lowest BCUT2D eigenvalue weighted by molar-refractivity contribution is 0.150. The van der Waals surface area contributed by atoms with Gasteiger partial charge in [0.2, 0.25) is 0 Å². The SMILES string of the molecule is CCCC(COC)n1c(C(C)Cl)nc2cc(F)ccc21. The quantitative estimate of drug-likeness (QED) is 0.736. The van der Waals surface area contributed by atoms with Gasteiger partial charge in [-0.1, -0.05) is 13.3 Å².